The minimum Gasteiger partial charge on any atom is -0.329 e. The van der Waals surface area contributed by atoms with Crippen molar-refractivity contribution in [1.82, 2.24) is 20.2 Å². The third-order valence-electron chi connectivity index (χ3n) is 1.99. The Bertz CT molecular complexity index is 476. The van der Waals surface area contributed by atoms with E-state index in [2.05, 4.69) is 15.5 Å². The van der Waals surface area contributed by atoms with Gasteiger partial charge in [0.15, 0.2) is 5.82 Å². The lowest BCUT2D eigenvalue weighted by atomic mass is 10.2. The van der Waals surface area contributed by atoms with Gasteiger partial charge in [-0.2, -0.15) is 0 Å². The summed E-state index contributed by atoms with van der Waals surface area (Å²) in [5.74, 6) is 0.606. The van der Waals surface area contributed by atoms with E-state index >= 15 is 0 Å². The Morgan fingerprint density at radius 1 is 1.19 bits per heavy atom. The van der Waals surface area contributed by atoms with Crippen molar-refractivity contribution in [3.05, 3.63) is 28.2 Å². The summed E-state index contributed by atoms with van der Waals surface area (Å²) in [5.41, 5.74) is 6.23. The van der Waals surface area contributed by atoms with Crippen molar-refractivity contribution < 1.29 is 0 Å². The fourth-order valence-corrected chi connectivity index (χ4v) is 1.89. The van der Waals surface area contributed by atoms with Gasteiger partial charge in [-0.3, -0.25) is 0 Å². The molecule has 0 aliphatic carbocycles. The molecule has 1 aromatic carbocycles. The van der Waals surface area contributed by atoms with Crippen LogP contribution in [0.4, 0.5) is 0 Å². The molecule has 0 radical (unpaired) electrons. The van der Waals surface area contributed by atoms with Crippen LogP contribution in [0.15, 0.2) is 18.2 Å². The molecule has 0 spiro atoms. The van der Waals surface area contributed by atoms with Gasteiger partial charge in [0.05, 0.1) is 6.54 Å². The summed E-state index contributed by atoms with van der Waals surface area (Å²) >= 11 is 11.8. The SMILES string of the molecule is NCCn1nnnc1-c1cc(Cl)cc(Cl)c1. The van der Waals surface area contributed by atoms with Crippen molar-refractivity contribution in [2.24, 2.45) is 5.73 Å². The molecule has 84 valence electrons. The fourth-order valence-electron chi connectivity index (χ4n) is 1.37. The standard InChI is InChI=1S/C9H9Cl2N5/c10-7-3-6(4-8(11)5-7)9-13-14-15-16(9)2-1-12/h3-5H,1-2,12H2. The molecular weight excluding hydrogens is 249 g/mol. The highest BCUT2D eigenvalue weighted by molar-refractivity contribution is 6.35. The van der Waals surface area contributed by atoms with Crippen LogP contribution in [0.1, 0.15) is 0 Å². The third-order valence-corrected chi connectivity index (χ3v) is 2.43. The van der Waals surface area contributed by atoms with Gasteiger partial charge in [0, 0.05) is 22.2 Å². The molecule has 16 heavy (non-hydrogen) atoms. The molecule has 7 heteroatoms. The molecule has 0 saturated heterocycles. The summed E-state index contributed by atoms with van der Waals surface area (Å²) in [5, 5.41) is 12.4. The Hall–Kier alpha value is -1.17. The first-order chi connectivity index (χ1) is 7.70. The zero-order valence-electron chi connectivity index (χ0n) is 8.27. The Morgan fingerprint density at radius 2 is 1.88 bits per heavy atom. The minimum atomic E-state index is 0.465. The van der Waals surface area contributed by atoms with Crippen LogP contribution in [-0.4, -0.2) is 26.8 Å². The maximum absolute atomic E-state index is 5.91. The summed E-state index contributed by atoms with van der Waals surface area (Å²) in [6, 6.07) is 5.17. The molecule has 2 rings (SSSR count). The second-order valence-electron chi connectivity index (χ2n) is 3.17. The number of nitrogens with zero attached hydrogens (tertiary/aromatic N) is 4. The molecule has 0 aliphatic rings. The molecule has 1 heterocycles. The van der Waals surface area contributed by atoms with E-state index in [1.165, 1.54) is 0 Å². The lowest BCUT2D eigenvalue weighted by molar-refractivity contribution is 0.603. The highest BCUT2D eigenvalue weighted by atomic mass is 35.5. The zero-order chi connectivity index (χ0) is 11.5. The Labute approximate surface area is 102 Å². The number of hydrogen-bond donors (Lipinski definition) is 1. The summed E-state index contributed by atoms with van der Waals surface area (Å²) in [4.78, 5) is 0. The van der Waals surface area contributed by atoms with Crippen LogP contribution in [-0.2, 0) is 6.54 Å². The first kappa shape index (κ1) is 11.3. The third kappa shape index (κ3) is 2.32. The molecule has 0 unspecified atom stereocenters. The molecule has 0 atom stereocenters. The van der Waals surface area contributed by atoms with Crippen LogP contribution in [0.5, 0.6) is 0 Å². The van der Waals surface area contributed by atoms with Crippen molar-refractivity contribution in [2.75, 3.05) is 6.54 Å². The van der Waals surface area contributed by atoms with E-state index < -0.39 is 0 Å². The van der Waals surface area contributed by atoms with Gasteiger partial charge in [-0.15, -0.1) is 5.10 Å². The molecule has 0 aliphatic heterocycles. The van der Waals surface area contributed by atoms with E-state index in [1.54, 1.807) is 22.9 Å². The summed E-state index contributed by atoms with van der Waals surface area (Å²) in [6.07, 6.45) is 0. The number of aromatic nitrogens is 4. The molecule has 1 aromatic heterocycles. The van der Waals surface area contributed by atoms with E-state index in [0.29, 0.717) is 29.0 Å². The zero-order valence-corrected chi connectivity index (χ0v) is 9.78. The number of hydrogen-bond acceptors (Lipinski definition) is 4. The van der Waals surface area contributed by atoms with Crippen LogP contribution in [0, 0.1) is 0 Å². The molecule has 0 fully saturated rings. The van der Waals surface area contributed by atoms with Crippen molar-refractivity contribution in [3.63, 3.8) is 0 Å². The fraction of sp³-hybridized carbons (Fsp3) is 0.222. The van der Waals surface area contributed by atoms with Crippen molar-refractivity contribution in [1.29, 1.82) is 0 Å². The number of tetrazole rings is 1. The highest BCUT2D eigenvalue weighted by Gasteiger charge is 2.09. The number of halogens is 2. The first-order valence-corrected chi connectivity index (χ1v) is 5.39. The van der Waals surface area contributed by atoms with Crippen molar-refractivity contribution >= 4 is 23.2 Å². The molecule has 2 N–H and O–H groups in total. The Kier molecular flexibility index (Phi) is 3.38. The van der Waals surface area contributed by atoms with Gasteiger partial charge in [-0.1, -0.05) is 23.2 Å². The van der Waals surface area contributed by atoms with Gasteiger partial charge < -0.3 is 5.73 Å². The van der Waals surface area contributed by atoms with E-state index in [0.717, 1.165) is 5.56 Å². The summed E-state index contributed by atoms with van der Waals surface area (Å²) in [6.45, 7) is 1.01. The monoisotopic (exact) mass is 257 g/mol. The van der Waals surface area contributed by atoms with Gasteiger partial charge in [0.2, 0.25) is 0 Å². The van der Waals surface area contributed by atoms with E-state index in [-0.39, 0.29) is 0 Å². The van der Waals surface area contributed by atoms with Crippen LogP contribution >= 0.6 is 23.2 Å². The second kappa shape index (κ2) is 4.78. The lowest BCUT2D eigenvalue weighted by Gasteiger charge is -2.03. The molecule has 0 saturated carbocycles. The van der Waals surface area contributed by atoms with Crippen LogP contribution in [0.3, 0.4) is 0 Å². The largest absolute Gasteiger partial charge is 0.329 e. The first-order valence-electron chi connectivity index (χ1n) is 4.63. The predicted molar refractivity (Wildman–Crippen MR) is 62.3 cm³/mol. The average Bonchev–Trinajstić information content (AvgIpc) is 2.65. The summed E-state index contributed by atoms with van der Waals surface area (Å²) < 4.78 is 1.61. The molecule has 5 nitrogen and oxygen atoms in total. The Balaban J connectivity index is 2.45. The molecule has 2 aromatic rings. The van der Waals surface area contributed by atoms with Gasteiger partial charge in [0.25, 0.3) is 0 Å². The predicted octanol–water partition coefficient (Wildman–Crippen LogP) is 1.61. The number of rotatable bonds is 3. The minimum absolute atomic E-state index is 0.465. The second-order valence-corrected chi connectivity index (χ2v) is 4.05. The average molecular weight is 258 g/mol. The van der Waals surface area contributed by atoms with Gasteiger partial charge in [-0.05, 0) is 28.6 Å². The lowest BCUT2D eigenvalue weighted by Crippen LogP contribution is -2.12. The van der Waals surface area contributed by atoms with Gasteiger partial charge in [-0.25, -0.2) is 4.68 Å². The Morgan fingerprint density at radius 3 is 2.50 bits per heavy atom. The van der Waals surface area contributed by atoms with Crippen molar-refractivity contribution in [2.45, 2.75) is 6.54 Å². The van der Waals surface area contributed by atoms with E-state index in [4.69, 9.17) is 28.9 Å². The van der Waals surface area contributed by atoms with E-state index in [1.807, 2.05) is 0 Å². The van der Waals surface area contributed by atoms with Crippen LogP contribution in [0.25, 0.3) is 11.4 Å². The van der Waals surface area contributed by atoms with Gasteiger partial charge in [0.1, 0.15) is 0 Å². The molecule has 0 amide bonds. The summed E-state index contributed by atoms with van der Waals surface area (Å²) in [7, 11) is 0. The number of benzene rings is 1. The molecular formula is C9H9Cl2N5. The van der Waals surface area contributed by atoms with Crippen LogP contribution in [0.2, 0.25) is 10.0 Å². The highest BCUT2D eigenvalue weighted by Crippen LogP contribution is 2.25. The number of nitrogens with two attached hydrogens (primary N) is 1. The maximum atomic E-state index is 5.91. The quantitative estimate of drug-likeness (QED) is 0.907. The molecule has 0 bridgehead atoms. The smallest absolute Gasteiger partial charge is 0.182 e. The van der Waals surface area contributed by atoms with Crippen molar-refractivity contribution in [3.8, 4) is 11.4 Å². The van der Waals surface area contributed by atoms with E-state index in [9.17, 15) is 0 Å². The van der Waals surface area contributed by atoms with Gasteiger partial charge >= 0.3 is 0 Å². The maximum Gasteiger partial charge on any atom is 0.182 e. The topological polar surface area (TPSA) is 69.6 Å². The van der Waals surface area contributed by atoms with Crippen LogP contribution < -0.4 is 5.73 Å². The normalized spacial score (nSPS) is 10.7.